The monoisotopic (exact) mass is 300 g/mol. The molecule has 3 rings (SSSR count). The summed E-state index contributed by atoms with van der Waals surface area (Å²) in [6, 6.07) is 10.7. The van der Waals surface area contributed by atoms with Gasteiger partial charge in [0, 0.05) is 24.5 Å². The molecule has 0 aliphatic heterocycles. The van der Waals surface area contributed by atoms with Crippen LogP contribution in [0, 0.1) is 5.82 Å². The van der Waals surface area contributed by atoms with Crippen LogP contribution in [0.4, 0.5) is 4.39 Å². The third-order valence-corrected chi connectivity index (χ3v) is 3.92. The maximum atomic E-state index is 13.7. The molecule has 0 unspecified atom stereocenters. The van der Waals surface area contributed by atoms with Crippen LogP contribution < -0.4 is 9.30 Å². The molecule has 4 heteroatoms. The lowest BCUT2D eigenvalue weighted by Crippen LogP contribution is -2.34. The van der Waals surface area contributed by atoms with Gasteiger partial charge < -0.3 is 9.84 Å². The van der Waals surface area contributed by atoms with Crippen LogP contribution in [0.2, 0.25) is 0 Å². The number of rotatable bonds is 5. The highest BCUT2D eigenvalue weighted by Crippen LogP contribution is 2.26. The molecule has 0 atom stereocenters. The summed E-state index contributed by atoms with van der Waals surface area (Å²) in [5.74, 6) is 0.544. The van der Waals surface area contributed by atoms with E-state index in [2.05, 4.69) is 10.8 Å². The van der Waals surface area contributed by atoms with E-state index in [0.717, 1.165) is 46.8 Å². The van der Waals surface area contributed by atoms with Crippen molar-refractivity contribution in [3.05, 3.63) is 48.4 Å². The van der Waals surface area contributed by atoms with Gasteiger partial charge in [0.1, 0.15) is 18.1 Å². The molecule has 22 heavy (non-hydrogen) atoms. The van der Waals surface area contributed by atoms with E-state index in [0.29, 0.717) is 0 Å². The Kier molecular flexibility index (Phi) is 4.20. The number of aliphatic hydroxyl groups excluding tert-OH is 1. The van der Waals surface area contributed by atoms with Crippen LogP contribution in [0.3, 0.4) is 0 Å². The molecule has 0 bridgehead atoms. The van der Waals surface area contributed by atoms with Crippen LogP contribution in [0.1, 0.15) is 12.8 Å². The highest BCUT2D eigenvalue weighted by atomic mass is 19.1. The third kappa shape index (κ3) is 2.74. The van der Waals surface area contributed by atoms with Gasteiger partial charge in [-0.2, -0.15) is 4.57 Å². The van der Waals surface area contributed by atoms with Crippen LogP contribution >= 0.6 is 0 Å². The van der Waals surface area contributed by atoms with Crippen molar-refractivity contribution >= 4 is 21.7 Å². The molecular formula is C18H19FNO2+. The smallest absolute Gasteiger partial charge is 0.213 e. The van der Waals surface area contributed by atoms with E-state index < -0.39 is 0 Å². The summed E-state index contributed by atoms with van der Waals surface area (Å²) in [7, 11) is 1.64. The predicted molar refractivity (Wildman–Crippen MR) is 84.5 cm³/mol. The lowest BCUT2D eigenvalue weighted by atomic mass is 10.1. The Morgan fingerprint density at radius 2 is 1.95 bits per heavy atom. The summed E-state index contributed by atoms with van der Waals surface area (Å²) in [6.07, 6.45) is 3.70. The van der Waals surface area contributed by atoms with E-state index in [1.54, 1.807) is 13.2 Å². The van der Waals surface area contributed by atoms with Gasteiger partial charge in [-0.15, -0.1) is 0 Å². The Labute approximate surface area is 128 Å². The number of pyridine rings is 1. The number of aliphatic hydroxyl groups is 1. The molecule has 0 spiro atoms. The van der Waals surface area contributed by atoms with Crippen molar-refractivity contribution in [3.63, 3.8) is 0 Å². The second kappa shape index (κ2) is 6.28. The van der Waals surface area contributed by atoms with Crippen LogP contribution in [0.25, 0.3) is 21.7 Å². The molecule has 1 N–H and O–H groups in total. The summed E-state index contributed by atoms with van der Waals surface area (Å²) < 4.78 is 21.1. The zero-order chi connectivity index (χ0) is 15.5. The number of benzene rings is 2. The van der Waals surface area contributed by atoms with Crippen molar-refractivity contribution in [2.45, 2.75) is 19.4 Å². The first-order chi connectivity index (χ1) is 10.7. The molecule has 3 nitrogen and oxygen atoms in total. The van der Waals surface area contributed by atoms with Crippen molar-refractivity contribution in [3.8, 4) is 5.75 Å². The molecule has 114 valence electrons. The Hall–Kier alpha value is -2.20. The van der Waals surface area contributed by atoms with Crippen molar-refractivity contribution < 1.29 is 18.8 Å². The van der Waals surface area contributed by atoms with E-state index in [9.17, 15) is 4.39 Å². The average Bonchev–Trinajstić information content (AvgIpc) is 2.54. The molecule has 0 aliphatic rings. The Balaban J connectivity index is 2.22. The molecule has 0 amide bonds. The number of aryl methyl sites for hydroxylation is 1. The quantitative estimate of drug-likeness (QED) is 0.446. The molecule has 1 heterocycles. The van der Waals surface area contributed by atoms with Gasteiger partial charge in [0.15, 0.2) is 6.20 Å². The first kappa shape index (κ1) is 14.7. The maximum absolute atomic E-state index is 13.7. The fourth-order valence-electron chi connectivity index (χ4n) is 2.81. The molecule has 0 fully saturated rings. The van der Waals surface area contributed by atoms with Crippen molar-refractivity contribution in [1.29, 1.82) is 0 Å². The lowest BCUT2D eigenvalue weighted by Gasteiger charge is -2.07. The summed E-state index contributed by atoms with van der Waals surface area (Å²) in [6.45, 7) is 0.977. The van der Waals surface area contributed by atoms with Gasteiger partial charge in [0.25, 0.3) is 0 Å². The number of hydrogen-bond acceptors (Lipinski definition) is 2. The van der Waals surface area contributed by atoms with Crippen LogP contribution in [0.5, 0.6) is 5.75 Å². The number of nitrogens with zero attached hydrogens (tertiary/aromatic N) is 1. The Morgan fingerprint density at radius 3 is 2.73 bits per heavy atom. The largest absolute Gasteiger partial charge is 0.497 e. The Bertz CT molecular complexity index is 817. The molecule has 0 saturated heterocycles. The van der Waals surface area contributed by atoms with Crippen LogP contribution in [-0.4, -0.2) is 18.8 Å². The number of unbranched alkanes of at least 4 members (excludes halogenated alkanes) is 1. The number of fused-ring (bicyclic) bond motifs is 3. The summed E-state index contributed by atoms with van der Waals surface area (Å²) in [5.41, 5.74) is 0.997. The second-order valence-electron chi connectivity index (χ2n) is 5.37. The van der Waals surface area contributed by atoms with Gasteiger partial charge in [-0.05, 0) is 36.8 Å². The van der Waals surface area contributed by atoms with Gasteiger partial charge in [-0.25, -0.2) is 4.39 Å². The fraction of sp³-hybridized carbons (Fsp3) is 0.278. The molecule has 0 saturated carbocycles. The molecular weight excluding hydrogens is 281 g/mol. The minimum absolute atomic E-state index is 0.189. The SMILES string of the molecule is COc1ccc2c(c1)c[n+](CCCCO)c1ccc(F)cc21. The highest BCUT2D eigenvalue weighted by Gasteiger charge is 2.14. The number of halogens is 1. The third-order valence-electron chi connectivity index (χ3n) is 3.92. The topological polar surface area (TPSA) is 33.3 Å². The first-order valence-corrected chi connectivity index (χ1v) is 7.43. The lowest BCUT2D eigenvalue weighted by molar-refractivity contribution is -0.670. The zero-order valence-electron chi connectivity index (χ0n) is 12.6. The minimum Gasteiger partial charge on any atom is -0.497 e. The van der Waals surface area contributed by atoms with E-state index in [1.165, 1.54) is 6.07 Å². The second-order valence-corrected chi connectivity index (χ2v) is 5.37. The molecule has 0 radical (unpaired) electrons. The summed E-state index contributed by atoms with van der Waals surface area (Å²) >= 11 is 0. The van der Waals surface area contributed by atoms with Crippen LogP contribution in [-0.2, 0) is 6.54 Å². The Morgan fingerprint density at radius 1 is 1.09 bits per heavy atom. The fourth-order valence-corrected chi connectivity index (χ4v) is 2.81. The van der Waals surface area contributed by atoms with Crippen molar-refractivity contribution in [1.82, 2.24) is 0 Å². The highest BCUT2D eigenvalue weighted by molar-refractivity contribution is 6.04. The molecule has 0 aliphatic carbocycles. The van der Waals surface area contributed by atoms with E-state index in [-0.39, 0.29) is 12.4 Å². The minimum atomic E-state index is -0.238. The van der Waals surface area contributed by atoms with Crippen molar-refractivity contribution in [2.24, 2.45) is 0 Å². The normalized spacial score (nSPS) is 11.2. The number of methoxy groups -OCH3 is 1. The standard InChI is InChI=1S/C18H19FNO2/c1-22-15-5-6-16-13(10-15)12-20(8-2-3-9-21)18-7-4-14(19)11-17(16)18/h4-7,10-12,21H,2-3,8-9H2,1H3/q+1. The molecule has 2 aromatic carbocycles. The molecule has 3 aromatic rings. The number of ether oxygens (including phenoxy) is 1. The van der Waals surface area contributed by atoms with Gasteiger partial charge in [-0.3, -0.25) is 0 Å². The average molecular weight is 300 g/mol. The van der Waals surface area contributed by atoms with E-state index in [4.69, 9.17) is 9.84 Å². The molecule has 1 aromatic heterocycles. The number of aromatic nitrogens is 1. The summed E-state index contributed by atoms with van der Waals surface area (Å²) in [5, 5.41) is 11.9. The van der Waals surface area contributed by atoms with E-state index in [1.807, 2.05) is 24.3 Å². The number of hydrogen-bond donors (Lipinski definition) is 1. The van der Waals surface area contributed by atoms with Crippen molar-refractivity contribution in [2.75, 3.05) is 13.7 Å². The van der Waals surface area contributed by atoms with Gasteiger partial charge in [0.2, 0.25) is 5.52 Å². The van der Waals surface area contributed by atoms with Gasteiger partial charge in [0.05, 0.1) is 17.9 Å². The van der Waals surface area contributed by atoms with Crippen LogP contribution in [0.15, 0.2) is 42.6 Å². The predicted octanol–water partition coefficient (Wildman–Crippen LogP) is 3.20. The van der Waals surface area contributed by atoms with Gasteiger partial charge in [-0.1, -0.05) is 0 Å². The maximum Gasteiger partial charge on any atom is 0.213 e. The van der Waals surface area contributed by atoms with E-state index >= 15 is 0 Å². The first-order valence-electron chi connectivity index (χ1n) is 7.43. The van der Waals surface area contributed by atoms with Gasteiger partial charge >= 0.3 is 0 Å². The summed E-state index contributed by atoms with van der Waals surface area (Å²) in [4.78, 5) is 0. The zero-order valence-corrected chi connectivity index (χ0v) is 12.6.